The molecule has 4 heteroatoms. The number of hydrogen-bond acceptors (Lipinski definition) is 3. The summed E-state index contributed by atoms with van der Waals surface area (Å²) in [5.41, 5.74) is 0. The molecule has 0 bridgehead atoms. The Kier molecular flexibility index (Phi) is 4.91. The van der Waals surface area contributed by atoms with E-state index in [9.17, 15) is 5.11 Å². The van der Waals surface area contributed by atoms with Crippen LogP contribution in [0.5, 0.6) is 11.5 Å². The molecule has 1 aromatic rings. The predicted molar refractivity (Wildman–Crippen MR) is 62.5 cm³/mol. The van der Waals surface area contributed by atoms with Gasteiger partial charge in [-0.1, -0.05) is 6.92 Å². The monoisotopic (exact) mass is 274 g/mol. The number of ether oxygens (including phenoxy) is 2. The zero-order valence-electron chi connectivity index (χ0n) is 8.87. The van der Waals surface area contributed by atoms with Crippen LogP contribution < -0.4 is 9.47 Å². The lowest BCUT2D eigenvalue weighted by Crippen LogP contribution is -2.16. The molecule has 1 aromatic carbocycles. The second-order valence-corrected chi connectivity index (χ2v) is 4.02. The van der Waals surface area contributed by atoms with Gasteiger partial charge in [-0.2, -0.15) is 0 Å². The Labute approximate surface area is 98.1 Å². The first-order valence-electron chi connectivity index (χ1n) is 4.81. The van der Waals surface area contributed by atoms with E-state index in [-0.39, 0.29) is 0 Å². The van der Waals surface area contributed by atoms with Gasteiger partial charge in [0.05, 0.1) is 17.7 Å². The van der Waals surface area contributed by atoms with E-state index in [0.29, 0.717) is 18.8 Å². The quantitative estimate of drug-likeness (QED) is 0.897. The number of rotatable bonds is 5. The van der Waals surface area contributed by atoms with E-state index in [1.807, 2.05) is 25.1 Å². The lowest BCUT2D eigenvalue weighted by Gasteiger charge is -2.12. The first-order chi connectivity index (χ1) is 7.17. The van der Waals surface area contributed by atoms with E-state index >= 15 is 0 Å². The van der Waals surface area contributed by atoms with Crippen molar-refractivity contribution in [3.8, 4) is 11.5 Å². The molecule has 0 aliphatic carbocycles. The molecular formula is C11H15BrO3. The number of hydrogen-bond donors (Lipinski definition) is 1. The fraction of sp³-hybridized carbons (Fsp3) is 0.455. The van der Waals surface area contributed by atoms with Crippen LogP contribution in [0.4, 0.5) is 0 Å². The van der Waals surface area contributed by atoms with Crippen molar-refractivity contribution < 1.29 is 14.6 Å². The highest BCUT2D eigenvalue weighted by Gasteiger charge is 2.06. The van der Waals surface area contributed by atoms with Gasteiger partial charge in [0.25, 0.3) is 0 Å². The summed E-state index contributed by atoms with van der Waals surface area (Å²) in [6.07, 6.45) is 0.271. The number of methoxy groups -OCH3 is 1. The van der Waals surface area contributed by atoms with Gasteiger partial charge in [-0.25, -0.2) is 0 Å². The number of halogens is 1. The van der Waals surface area contributed by atoms with Crippen molar-refractivity contribution in [3.05, 3.63) is 22.7 Å². The minimum Gasteiger partial charge on any atom is -0.497 e. The van der Waals surface area contributed by atoms with Gasteiger partial charge in [0, 0.05) is 0 Å². The topological polar surface area (TPSA) is 38.7 Å². The third-order valence-electron chi connectivity index (χ3n) is 2.04. The van der Waals surface area contributed by atoms with Crippen molar-refractivity contribution in [1.82, 2.24) is 0 Å². The average Bonchev–Trinajstić information content (AvgIpc) is 2.26. The van der Waals surface area contributed by atoms with E-state index < -0.39 is 6.10 Å². The zero-order chi connectivity index (χ0) is 11.3. The SMILES string of the molecule is CC[C@H](O)COc1ccc(OC)cc1Br. The maximum absolute atomic E-state index is 9.35. The molecule has 0 aliphatic heterocycles. The Morgan fingerprint density at radius 1 is 1.47 bits per heavy atom. The van der Waals surface area contributed by atoms with E-state index in [0.717, 1.165) is 10.2 Å². The van der Waals surface area contributed by atoms with Crippen LogP contribution in [0.15, 0.2) is 22.7 Å². The van der Waals surface area contributed by atoms with Gasteiger partial charge in [0.15, 0.2) is 0 Å². The van der Waals surface area contributed by atoms with Crippen molar-refractivity contribution in [2.45, 2.75) is 19.4 Å². The van der Waals surface area contributed by atoms with Gasteiger partial charge >= 0.3 is 0 Å². The summed E-state index contributed by atoms with van der Waals surface area (Å²) in [5.74, 6) is 1.48. The van der Waals surface area contributed by atoms with Gasteiger partial charge in [0.1, 0.15) is 18.1 Å². The molecule has 1 atom stereocenters. The summed E-state index contributed by atoms with van der Waals surface area (Å²) < 4.78 is 11.3. The molecular weight excluding hydrogens is 260 g/mol. The Bertz CT molecular complexity index is 315. The molecule has 0 radical (unpaired) electrons. The molecule has 0 fully saturated rings. The van der Waals surface area contributed by atoms with Gasteiger partial charge in [0.2, 0.25) is 0 Å². The second-order valence-electron chi connectivity index (χ2n) is 3.17. The molecule has 1 N–H and O–H groups in total. The van der Waals surface area contributed by atoms with E-state index in [1.165, 1.54) is 0 Å². The highest BCUT2D eigenvalue weighted by atomic mass is 79.9. The first-order valence-corrected chi connectivity index (χ1v) is 5.61. The summed E-state index contributed by atoms with van der Waals surface area (Å²) in [4.78, 5) is 0. The van der Waals surface area contributed by atoms with Crippen molar-refractivity contribution in [2.75, 3.05) is 13.7 Å². The van der Waals surface area contributed by atoms with Crippen LogP contribution in [0.3, 0.4) is 0 Å². The maximum atomic E-state index is 9.35. The van der Waals surface area contributed by atoms with Crippen LogP contribution in [0.1, 0.15) is 13.3 Å². The molecule has 3 nitrogen and oxygen atoms in total. The van der Waals surface area contributed by atoms with Gasteiger partial charge < -0.3 is 14.6 Å². The van der Waals surface area contributed by atoms with Crippen LogP contribution in [0.25, 0.3) is 0 Å². The van der Waals surface area contributed by atoms with Gasteiger partial charge in [-0.15, -0.1) is 0 Å². The van der Waals surface area contributed by atoms with Crippen LogP contribution in [0.2, 0.25) is 0 Å². The van der Waals surface area contributed by atoms with Gasteiger partial charge in [-0.3, -0.25) is 0 Å². The highest BCUT2D eigenvalue weighted by molar-refractivity contribution is 9.10. The summed E-state index contributed by atoms with van der Waals surface area (Å²) in [5, 5.41) is 9.35. The van der Waals surface area contributed by atoms with Crippen molar-refractivity contribution in [1.29, 1.82) is 0 Å². The number of benzene rings is 1. The summed E-state index contributed by atoms with van der Waals surface area (Å²) in [6, 6.07) is 5.46. The fourth-order valence-electron chi connectivity index (χ4n) is 1.03. The summed E-state index contributed by atoms with van der Waals surface area (Å²) >= 11 is 3.37. The fourth-order valence-corrected chi connectivity index (χ4v) is 1.50. The predicted octanol–water partition coefficient (Wildman–Crippen LogP) is 2.61. The van der Waals surface area contributed by atoms with E-state index in [1.54, 1.807) is 7.11 Å². The van der Waals surface area contributed by atoms with Crippen molar-refractivity contribution in [3.63, 3.8) is 0 Å². The summed E-state index contributed by atoms with van der Waals surface area (Å²) in [7, 11) is 1.61. The minimum atomic E-state index is -0.418. The first kappa shape index (κ1) is 12.3. The standard InChI is InChI=1S/C11H15BrO3/c1-3-8(13)7-15-11-5-4-9(14-2)6-10(11)12/h4-6,8,13H,3,7H2,1-2H3/t8-/m0/s1. The average molecular weight is 275 g/mol. The Balaban J connectivity index is 2.62. The number of aliphatic hydroxyl groups excluding tert-OH is 1. The molecule has 0 heterocycles. The van der Waals surface area contributed by atoms with Crippen LogP contribution in [-0.4, -0.2) is 24.9 Å². The van der Waals surface area contributed by atoms with E-state index in [2.05, 4.69) is 15.9 Å². The third-order valence-corrected chi connectivity index (χ3v) is 2.66. The zero-order valence-corrected chi connectivity index (χ0v) is 10.5. The molecule has 1 rings (SSSR count). The molecule has 0 unspecified atom stereocenters. The van der Waals surface area contributed by atoms with Crippen molar-refractivity contribution >= 4 is 15.9 Å². The Hall–Kier alpha value is -0.740. The largest absolute Gasteiger partial charge is 0.497 e. The molecule has 0 amide bonds. The van der Waals surface area contributed by atoms with E-state index in [4.69, 9.17) is 9.47 Å². The molecule has 0 spiro atoms. The molecule has 15 heavy (non-hydrogen) atoms. The summed E-state index contributed by atoms with van der Waals surface area (Å²) in [6.45, 7) is 2.22. The Morgan fingerprint density at radius 2 is 2.20 bits per heavy atom. The van der Waals surface area contributed by atoms with Crippen LogP contribution >= 0.6 is 15.9 Å². The van der Waals surface area contributed by atoms with Crippen molar-refractivity contribution in [2.24, 2.45) is 0 Å². The smallest absolute Gasteiger partial charge is 0.133 e. The lowest BCUT2D eigenvalue weighted by atomic mass is 10.3. The van der Waals surface area contributed by atoms with Crippen LogP contribution in [-0.2, 0) is 0 Å². The normalized spacial score (nSPS) is 12.3. The van der Waals surface area contributed by atoms with Gasteiger partial charge in [-0.05, 0) is 40.5 Å². The Morgan fingerprint density at radius 3 is 2.73 bits per heavy atom. The minimum absolute atomic E-state index is 0.307. The highest BCUT2D eigenvalue weighted by Crippen LogP contribution is 2.29. The molecule has 84 valence electrons. The molecule has 0 saturated heterocycles. The van der Waals surface area contributed by atoms with Crippen LogP contribution in [0, 0.1) is 0 Å². The third kappa shape index (κ3) is 3.72. The molecule has 0 aliphatic rings. The molecule has 0 saturated carbocycles. The second kappa shape index (κ2) is 5.98. The lowest BCUT2D eigenvalue weighted by molar-refractivity contribution is 0.104. The molecule has 0 aromatic heterocycles. The number of aliphatic hydroxyl groups is 1. The maximum Gasteiger partial charge on any atom is 0.133 e.